The molecular weight excluding hydrogens is 262 g/mol. The van der Waals surface area contributed by atoms with E-state index in [1.54, 1.807) is 12.1 Å². The summed E-state index contributed by atoms with van der Waals surface area (Å²) in [5.74, 6) is 0.675. The van der Waals surface area contributed by atoms with E-state index in [4.69, 9.17) is 21.6 Å². The van der Waals surface area contributed by atoms with Gasteiger partial charge in [-0.15, -0.1) is 0 Å². The van der Waals surface area contributed by atoms with E-state index < -0.39 is 0 Å². The molecule has 0 aromatic heterocycles. The number of carbonyl (C=O) groups excluding carboxylic acids is 1. The highest BCUT2D eigenvalue weighted by Crippen LogP contribution is 2.37. The van der Waals surface area contributed by atoms with Crippen LogP contribution in [-0.4, -0.2) is 12.4 Å². The van der Waals surface area contributed by atoms with E-state index in [2.05, 4.69) is 6.92 Å². The Morgan fingerprint density at radius 3 is 2.95 bits per heavy atom. The molecule has 0 aliphatic heterocycles. The minimum atomic E-state index is -0.0145. The molecule has 0 saturated heterocycles. The van der Waals surface area contributed by atoms with Crippen molar-refractivity contribution in [2.45, 2.75) is 26.2 Å². The average Bonchev–Trinajstić information content (AvgIpc) is 2.75. The quantitative estimate of drug-likeness (QED) is 0.618. The summed E-state index contributed by atoms with van der Waals surface area (Å²) in [7, 11) is 0. The lowest BCUT2D eigenvalue weighted by molar-refractivity contribution is 0.100. The zero-order chi connectivity index (χ0) is 13.8. The number of allylic oxidation sites excluding steroid dienone is 2. The molecule has 2 rings (SSSR count). The van der Waals surface area contributed by atoms with Crippen LogP contribution < -0.4 is 4.74 Å². The van der Waals surface area contributed by atoms with Gasteiger partial charge in [0.2, 0.25) is 0 Å². The van der Waals surface area contributed by atoms with Crippen LogP contribution in [0.15, 0.2) is 23.2 Å². The Hall–Kier alpha value is -1.79. The number of halogens is 1. The summed E-state index contributed by atoms with van der Waals surface area (Å²) >= 11 is 5.84. The van der Waals surface area contributed by atoms with E-state index in [-0.39, 0.29) is 17.2 Å². The molecule has 4 heteroatoms. The van der Waals surface area contributed by atoms with E-state index >= 15 is 0 Å². The zero-order valence-electron chi connectivity index (χ0n) is 10.7. The van der Waals surface area contributed by atoms with Gasteiger partial charge in [0.05, 0.1) is 6.61 Å². The number of carbonyl (C=O) groups is 1. The van der Waals surface area contributed by atoms with Gasteiger partial charge in [0.1, 0.15) is 16.9 Å². The van der Waals surface area contributed by atoms with Gasteiger partial charge < -0.3 is 4.74 Å². The van der Waals surface area contributed by atoms with Gasteiger partial charge in [-0.2, -0.15) is 5.26 Å². The molecule has 98 valence electrons. The second-order valence-electron chi connectivity index (χ2n) is 4.41. The van der Waals surface area contributed by atoms with Crippen molar-refractivity contribution in [3.05, 3.63) is 34.4 Å². The number of benzene rings is 1. The molecule has 19 heavy (non-hydrogen) atoms. The van der Waals surface area contributed by atoms with Crippen molar-refractivity contribution in [3.8, 4) is 11.8 Å². The van der Waals surface area contributed by atoms with Gasteiger partial charge in [-0.05, 0) is 29.7 Å². The van der Waals surface area contributed by atoms with E-state index in [9.17, 15) is 4.79 Å². The number of Topliss-reactive ketones (excluding diaryl/α,β-unsaturated/α-hetero) is 1. The van der Waals surface area contributed by atoms with Crippen LogP contribution in [0.1, 0.15) is 42.1 Å². The first-order valence-corrected chi connectivity index (χ1v) is 6.64. The number of unbranched alkanes of at least 4 members (excludes halogenated alkanes) is 1. The van der Waals surface area contributed by atoms with E-state index in [1.807, 2.05) is 12.1 Å². The van der Waals surface area contributed by atoms with Crippen molar-refractivity contribution in [1.29, 1.82) is 5.26 Å². The van der Waals surface area contributed by atoms with Gasteiger partial charge in [-0.3, -0.25) is 4.79 Å². The molecule has 1 aromatic rings. The minimum Gasteiger partial charge on any atom is -0.494 e. The third kappa shape index (κ3) is 2.80. The number of hydrogen-bond acceptors (Lipinski definition) is 3. The molecule has 0 atom stereocenters. The Bertz CT molecular complexity index is 584. The van der Waals surface area contributed by atoms with Gasteiger partial charge in [0.15, 0.2) is 5.78 Å². The fourth-order valence-electron chi connectivity index (χ4n) is 2.06. The van der Waals surface area contributed by atoms with Crippen molar-refractivity contribution < 1.29 is 9.53 Å². The Kier molecular flexibility index (Phi) is 4.24. The fourth-order valence-corrected chi connectivity index (χ4v) is 2.22. The fraction of sp³-hybridized carbons (Fsp3) is 0.333. The Morgan fingerprint density at radius 1 is 1.47 bits per heavy atom. The largest absolute Gasteiger partial charge is 0.494 e. The molecule has 0 bridgehead atoms. The first-order valence-electron chi connectivity index (χ1n) is 6.26. The summed E-state index contributed by atoms with van der Waals surface area (Å²) in [6, 6.07) is 7.24. The lowest BCUT2D eigenvalue weighted by Crippen LogP contribution is -1.98. The smallest absolute Gasteiger partial charge is 0.168 e. The van der Waals surface area contributed by atoms with E-state index in [0.717, 1.165) is 18.4 Å². The van der Waals surface area contributed by atoms with Gasteiger partial charge in [0, 0.05) is 12.0 Å². The Labute approximate surface area is 117 Å². The Morgan fingerprint density at radius 2 is 2.26 bits per heavy atom. The molecule has 0 N–H and O–H groups in total. The summed E-state index contributed by atoms with van der Waals surface area (Å²) < 4.78 is 5.58. The van der Waals surface area contributed by atoms with Crippen LogP contribution >= 0.6 is 11.6 Å². The molecule has 1 aliphatic carbocycles. The second-order valence-corrected chi connectivity index (χ2v) is 4.79. The third-order valence-electron chi connectivity index (χ3n) is 3.08. The molecule has 0 radical (unpaired) electrons. The standard InChI is InChI=1S/C15H14ClNO2/c1-2-3-6-19-10-4-5-11-12(14(16)9-17)8-15(18)13(11)7-10/h4-5,7H,2-3,6,8H2,1H3/b14-12+. The number of hydrogen-bond donors (Lipinski definition) is 0. The SMILES string of the molecule is CCCCOc1ccc2c(c1)C(=O)C/C2=C(\Cl)C#N. The van der Waals surface area contributed by atoms with E-state index in [0.29, 0.717) is 23.5 Å². The Balaban J connectivity index is 2.30. The molecule has 1 aliphatic rings. The molecule has 3 nitrogen and oxygen atoms in total. The molecular formula is C15H14ClNO2. The molecule has 0 heterocycles. The van der Waals surface area contributed by atoms with Gasteiger partial charge >= 0.3 is 0 Å². The van der Waals surface area contributed by atoms with Crippen LogP contribution in [0.25, 0.3) is 5.57 Å². The summed E-state index contributed by atoms with van der Waals surface area (Å²) in [5, 5.41) is 8.92. The highest BCUT2D eigenvalue weighted by Gasteiger charge is 2.26. The van der Waals surface area contributed by atoms with Crippen LogP contribution in [0, 0.1) is 11.3 Å². The summed E-state index contributed by atoms with van der Waals surface area (Å²) in [4.78, 5) is 11.9. The number of ketones is 1. The normalized spacial score (nSPS) is 15.9. The minimum absolute atomic E-state index is 0.0145. The number of nitrogens with zero attached hydrogens (tertiary/aromatic N) is 1. The lowest BCUT2D eigenvalue weighted by Gasteiger charge is -2.07. The maximum Gasteiger partial charge on any atom is 0.168 e. The number of fused-ring (bicyclic) bond motifs is 1. The molecule has 1 aromatic carbocycles. The monoisotopic (exact) mass is 275 g/mol. The number of rotatable bonds is 4. The van der Waals surface area contributed by atoms with Gasteiger partial charge in [-0.1, -0.05) is 31.0 Å². The van der Waals surface area contributed by atoms with Crippen molar-refractivity contribution >= 4 is 23.0 Å². The van der Waals surface area contributed by atoms with Gasteiger partial charge in [0.25, 0.3) is 0 Å². The summed E-state index contributed by atoms with van der Waals surface area (Å²) in [6.45, 7) is 2.74. The predicted octanol–water partition coefficient (Wildman–Crippen LogP) is 3.93. The maximum absolute atomic E-state index is 11.9. The highest BCUT2D eigenvalue weighted by molar-refractivity contribution is 6.36. The first-order chi connectivity index (χ1) is 9.17. The molecule has 0 unspecified atom stereocenters. The first kappa shape index (κ1) is 13.6. The zero-order valence-corrected chi connectivity index (χ0v) is 11.5. The van der Waals surface area contributed by atoms with Crippen LogP contribution in [0.5, 0.6) is 5.75 Å². The molecule has 0 saturated carbocycles. The third-order valence-corrected chi connectivity index (χ3v) is 3.40. The van der Waals surface area contributed by atoms with Crippen LogP contribution in [0.4, 0.5) is 0 Å². The highest BCUT2D eigenvalue weighted by atomic mass is 35.5. The van der Waals surface area contributed by atoms with Crippen molar-refractivity contribution in [3.63, 3.8) is 0 Å². The van der Waals surface area contributed by atoms with Crippen molar-refractivity contribution in [1.82, 2.24) is 0 Å². The van der Waals surface area contributed by atoms with Crippen LogP contribution in [-0.2, 0) is 0 Å². The maximum atomic E-state index is 11.9. The van der Waals surface area contributed by atoms with Crippen LogP contribution in [0.2, 0.25) is 0 Å². The molecule has 0 spiro atoms. The second kappa shape index (κ2) is 5.90. The predicted molar refractivity (Wildman–Crippen MR) is 74.2 cm³/mol. The molecule has 0 amide bonds. The topological polar surface area (TPSA) is 50.1 Å². The van der Waals surface area contributed by atoms with Crippen molar-refractivity contribution in [2.24, 2.45) is 0 Å². The average molecular weight is 276 g/mol. The summed E-state index contributed by atoms with van der Waals surface area (Å²) in [5.41, 5.74) is 1.96. The lowest BCUT2D eigenvalue weighted by atomic mass is 10.1. The summed E-state index contributed by atoms with van der Waals surface area (Å²) in [6.07, 6.45) is 2.24. The number of ether oxygens (including phenoxy) is 1. The number of nitriles is 1. The van der Waals surface area contributed by atoms with Crippen LogP contribution in [0.3, 0.4) is 0 Å². The molecule has 0 fully saturated rings. The van der Waals surface area contributed by atoms with Gasteiger partial charge in [-0.25, -0.2) is 0 Å². The van der Waals surface area contributed by atoms with E-state index in [1.165, 1.54) is 0 Å². The van der Waals surface area contributed by atoms with Crippen molar-refractivity contribution in [2.75, 3.05) is 6.61 Å².